The molecular weight excluding hydrogens is 354 g/mol. The van der Waals surface area contributed by atoms with Crippen molar-refractivity contribution in [3.63, 3.8) is 0 Å². The normalized spacial score (nSPS) is 17.5. The summed E-state index contributed by atoms with van der Waals surface area (Å²) in [6.07, 6.45) is 0. The van der Waals surface area contributed by atoms with Gasteiger partial charge in [0.25, 0.3) is 5.91 Å². The molecule has 2 aromatic rings. The van der Waals surface area contributed by atoms with E-state index in [4.69, 9.17) is 4.74 Å². The third-order valence-electron chi connectivity index (χ3n) is 5.36. The van der Waals surface area contributed by atoms with Crippen LogP contribution in [0.1, 0.15) is 10.4 Å². The first-order valence-electron chi connectivity index (χ1n) is 9.79. The maximum atomic E-state index is 12.8. The van der Waals surface area contributed by atoms with Gasteiger partial charge < -0.3 is 19.4 Å². The fraction of sp³-hybridized carbons (Fsp3) is 0.364. The SMILES string of the molecule is O=C(c1ccc(-c2ccccc2)cc1)N1CCN(C(=O)N2CCOCC2)CC1. The van der Waals surface area contributed by atoms with Gasteiger partial charge in [0.05, 0.1) is 13.2 Å². The van der Waals surface area contributed by atoms with Crippen LogP contribution in [-0.2, 0) is 4.74 Å². The van der Waals surface area contributed by atoms with Crippen LogP contribution in [0.3, 0.4) is 0 Å². The first kappa shape index (κ1) is 18.5. The van der Waals surface area contributed by atoms with E-state index in [1.807, 2.05) is 57.2 Å². The fourth-order valence-corrected chi connectivity index (χ4v) is 3.67. The van der Waals surface area contributed by atoms with Crippen LogP contribution in [0, 0.1) is 0 Å². The molecule has 28 heavy (non-hydrogen) atoms. The average molecular weight is 379 g/mol. The van der Waals surface area contributed by atoms with Crippen LogP contribution in [0.2, 0.25) is 0 Å². The molecule has 2 aromatic carbocycles. The molecule has 2 saturated heterocycles. The molecular formula is C22H25N3O3. The lowest BCUT2D eigenvalue weighted by Gasteiger charge is -2.38. The number of urea groups is 1. The van der Waals surface area contributed by atoms with E-state index in [2.05, 4.69) is 12.1 Å². The van der Waals surface area contributed by atoms with Gasteiger partial charge in [-0.1, -0.05) is 42.5 Å². The molecule has 2 fully saturated rings. The van der Waals surface area contributed by atoms with Crippen LogP contribution in [0.4, 0.5) is 4.79 Å². The lowest BCUT2D eigenvalue weighted by atomic mass is 10.0. The lowest BCUT2D eigenvalue weighted by molar-refractivity contribution is 0.0362. The monoisotopic (exact) mass is 379 g/mol. The van der Waals surface area contributed by atoms with E-state index in [1.165, 1.54) is 0 Å². The zero-order chi connectivity index (χ0) is 19.3. The highest BCUT2D eigenvalue weighted by molar-refractivity contribution is 5.95. The summed E-state index contributed by atoms with van der Waals surface area (Å²) in [6.45, 7) is 4.77. The van der Waals surface area contributed by atoms with E-state index in [0.717, 1.165) is 11.1 Å². The Kier molecular flexibility index (Phi) is 5.58. The molecule has 0 aromatic heterocycles. The minimum Gasteiger partial charge on any atom is -0.378 e. The molecule has 6 nitrogen and oxygen atoms in total. The molecule has 0 saturated carbocycles. The Hall–Kier alpha value is -2.86. The lowest BCUT2D eigenvalue weighted by Crippen LogP contribution is -2.55. The minimum absolute atomic E-state index is 0.0260. The molecule has 2 heterocycles. The Balaban J connectivity index is 1.34. The number of nitrogens with zero attached hydrogens (tertiary/aromatic N) is 3. The van der Waals surface area contributed by atoms with Gasteiger partial charge in [0.15, 0.2) is 0 Å². The van der Waals surface area contributed by atoms with Gasteiger partial charge in [0.1, 0.15) is 0 Å². The summed E-state index contributed by atoms with van der Waals surface area (Å²) in [5.74, 6) is 0.0260. The summed E-state index contributed by atoms with van der Waals surface area (Å²) >= 11 is 0. The molecule has 2 aliphatic rings. The Morgan fingerprint density at radius 2 is 1.18 bits per heavy atom. The number of benzene rings is 2. The molecule has 0 unspecified atom stereocenters. The fourth-order valence-electron chi connectivity index (χ4n) is 3.67. The summed E-state index contributed by atoms with van der Waals surface area (Å²) in [7, 11) is 0. The number of amides is 3. The topological polar surface area (TPSA) is 53.1 Å². The van der Waals surface area contributed by atoms with E-state index in [9.17, 15) is 9.59 Å². The summed E-state index contributed by atoms with van der Waals surface area (Å²) in [6, 6.07) is 17.9. The van der Waals surface area contributed by atoms with Gasteiger partial charge in [-0.05, 0) is 23.3 Å². The largest absolute Gasteiger partial charge is 0.378 e. The van der Waals surface area contributed by atoms with E-state index < -0.39 is 0 Å². The van der Waals surface area contributed by atoms with Crippen molar-refractivity contribution < 1.29 is 14.3 Å². The number of carbonyl (C=O) groups excluding carboxylic acids is 2. The molecule has 0 N–H and O–H groups in total. The van der Waals surface area contributed by atoms with E-state index in [-0.39, 0.29) is 11.9 Å². The second-order valence-corrected chi connectivity index (χ2v) is 7.10. The number of ether oxygens (including phenoxy) is 1. The van der Waals surface area contributed by atoms with E-state index >= 15 is 0 Å². The molecule has 6 heteroatoms. The van der Waals surface area contributed by atoms with Crippen LogP contribution in [0.25, 0.3) is 11.1 Å². The zero-order valence-electron chi connectivity index (χ0n) is 15.9. The third-order valence-corrected chi connectivity index (χ3v) is 5.36. The second-order valence-electron chi connectivity index (χ2n) is 7.10. The first-order valence-corrected chi connectivity index (χ1v) is 9.79. The number of rotatable bonds is 2. The molecule has 0 bridgehead atoms. The number of morpholine rings is 1. The summed E-state index contributed by atoms with van der Waals surface area (Å²) < 4.78 is 5.31. The average Bonchev–Trinajstić information content (AvgIpc) is 2.79. The van der Waals surface area contributed by atoms with Gasteiger partial charge >= 0.3 is 6.03 Å². The van der Waals surface area contributed by atoms with E-state index in [0.29, 0.717) is 58.0 Å². The summed E-state index contributed by atoms with van der Waals surface area (Å²) in [5.41, 5.74) is 2.92. The quantitative estimate of drug-likeness (QED) is 0.806. The van der Waals surface area contributed by atoms with Crippen molar-refractivity contribution in [2.75, 3.05) is 52.5 Å². The van der Waals surface area contributed by atoms with Crippen molar-refractivity contribution in [2.45, 2.75) is 0 Å². The van der Waals surface area contributed by atoms with Crippen LogP contribution in [-0.4, -0.2) is 79.1 Å². The summed E-state index contributed by atoms with van der Waals surface area (Å²) in [5, 5.41) is 0. The predicted molar refractivity (Wildman–Crippen MR) is 107 cm³/mol. The van der Waals surface area contributed by atoms with Crippen molar-refractivity contribution in [1.82, 2.24) is 14.7 Å². The smallest absolute Gasteiger partial charge is 0.320 e. The van der Waals surface area contributed by atoms with Gasteiger partial charge in [-0.2, -0.15) is 0 Å². The molecule has 4 rings (SSSR count). The highest BCUT2D eigenvalue weighted by Gasteiger charge is 2.28. The van der Waals surface area contributed by atoms with Crippen molar-refractivity contribution in [3.8, 4) is 11.1 Å². The predicted octanol–water partition coefficient (Wildman–Crippen LogP) is 2.56. The van der Waals surface area contributed by atoms with Gasteiger partial charge in [-0.15, -0.1) is 0 Å². The number of carbonyl (C=O) groups is 2. The highest BCUT2D eigenvalue weighted by atomic mass is 16.5. The molecule has 3 amide bonds. The molecule has 146 valence electrons. The molecule has 0 radical (unpaired) electrons. The van der Waals surface area contributed by atoms with Crippen LogP contribution in [0.5, 0.6) is 0 Å². The van der Waals surface area contributed by atoms with E-state index in [1.54, 1.807) is 0 Å². The summed E-state index contributed by atoms with van der Waals surface area (Å²) in [4.78, 5) is 30.9. The Bertz CT molecular complexity index is 809. The Morgan fingerprint density at radius 3 is 1.82 bits per heavy atom. The number of hydrogen-bond donors (Lipinski definition) is 0. The highest BCUT2D eigenvalue weighted by Crippen LogP contribution is 2.20. The van der Waals surface area contributed by atoms with Gasteiger partial charge in [-0.25, -0.2) is 4.79 Å². The Labute approximate surface area is 165 Å². The van der Waals surface area contributed by atoms with Crippen LogP contribution in [0.15, 0.2) is 54.6 Å². The molecule has 0 atom stereocenters. The maximum absolute atomic E-state index is 12.8. The first-order chi connectivity index (χ1) is 13.7. The molecule has 0 spiro atoms. The number of piperazine rings is 1. The third kappa shape index (κ3) is 4.02. The van der Waals surface area contributed by atoms with Gasteiger partial charge in [-0.3, -0.25) is 4.79 Å². The number of hydrogen-bond acceptors (Lipinski definition) is 3. The van der Waals surface area contributed by atoms with Crippen molar-refractivity contribution in [3.05, 3.63) is 60.2 Å². The van der Waals surface area contributed by atoms with Gasteiger partial charge in [0.2, 0.25) is 0 Å². The van der Waals surface area contributed by atoms with Gasteiger partial charge in [0, 0.05) is 44.8 Å². The maximum Gasteiger partial charge on any atom is 0.320 e. The van der Waals surface area contributed by atoms with Crippen molar-refractivity contribution in [2.24, 2.45) is 0 Å². The second kappa shape index (κ2) is 8.44. The zero-order valence-corrected chi connectivity index (χ0v) is 15.9. The van der Waals surface area contributed by atoms with Crippen molar-refractivity contribution >= 4 is 11.9 Å². The standard InChI is InChI=1S/C22H25N3O3/c26-21(20-8-6-19(7-9-20)18-4-2-1-3-5-18)23-10-12-24(13-11-23)22(27)25-14-16-28-17-15-25/h1-9H,10-17H2. The minimum atomic E-state index is 0.0260. The molecule has 0 aliphatic carbocycles. The molecule has 2 aliphatic heterocycles. The van der Waals surface area contributed by atoms with Crippen LogP contribution < -0.4 is 0 Å². The van der Waals surface area contributed by atoms with Crippen molar-refractivity contribution in [1.29, 1.82) is 0 Å². The Morgan fingerprint density at radius 1 is 0.643 bits per heavy atom. The van der Waals surface area contributed by atoms with Crippen LogP contribution >= 0.6 is 0 Å².